The Balaban J connectivity index is 0. The van der Waals surface area contributed by atoms with Gasteiger partial charge in [0.2, 0.25) is 0 Å². The van der Waals surface area contributed by atoms with Crippen LogP contribution in [0.3, 0.4) is 0 Å². The van der Waals surface area contributed by atoms with Gasteiger partial charge >= 0.3 is 0 Å². The molecule has 120 valence electrons. The predicted molar refractivity (Wildman–Crippen MR) is 85.3 cm³/mol. The van der Waals surface area contributed by atoms with Crippen molar-refractivity contribution in [3.8, 4) is 0 Å². The standard InChI is InChI=1S/C14H32N.C3H4O2/c1-5-9-12-15(8-4,13-10-6-2)14-11-7-3;1-2-3(4)5/h5-14H2,1-4H3;2H,1H2,(H,4,5)/q+1;/p-1. The first kappa shape index (κ1) is 21.5. The van der Waals surface area contributed by atoms with Crippen LogP contribution in [0.25, 0.3) is 0 Å². The lowest BCUT2D eigenvalue weighted by molar-refractivity contribution is -0.927. The maximum atomic E-state index is 9.14. The van der Waals surface area contributed by atoms with Crippen molar-refractivity contribution in [3.63, 3.8) is 0 Å². The predicted octanol–water partition coefficient (Wildman–Crippen LogP) is 3.15. The summed E-state index contributed by atoms with van der Waals surface area (Å²) in [6.07, 6.45) is 8.97. The number of carbonyl (C=O) groups is 1. The van der Waals surface area contributed by atoms with Gasteiger partial charge in [-0.1, -0.05) is 46.6 Å². The number of aliphatic carboxylic acids is 1. The fourth-order valence-electron chi connectivity index (χ4n) is 2.29. The Morgan fingerprint density at radius 3 is 1.40 bits per heavy atom. The lowest BCUT2D eigenvalue weighted by Crippen LogP contribution is -2.49. The number of hydrogen-bond acceptors (Lipinski definition) is 2. The third-order valence-electron chi connectivity index (χ3n) is 3.80. The zero-order valence-corrected chi connectivity index (χ0v) is 14.1. The van der Waals surface area contributed by atoms with Crippen LogP contribution in [0.15, 0.2) is 12.7 Å². The molecule has 0 aromatic heterocycles. The Kier molecular flexibility index (Phi) is 15.6. The molecule has 0 saturated carbocycles. The van der Waals surface area contributed by atoms with Gasteiger partial charge in [0.05, 0.1) is 32.1 Å². The van der Waals surface area contributed by atoms with E-state index >= 15 is 0 Å². The molecular formula is C17H35NO2. The number of unbranched alkanes of at least 4 members (excludes halogenated alkanes) is 3. The second kappa shape index (κ2) is 14.6. The smallest absolute Gasteiger partial charge is 0.0786 e. The van der Waals surface area contributed by atoms with Gasteiger partial charge in [-0.25, -0.2) is 0 Å². The average molecular weight is 285 g/mol. The fourth-order valence-corrected chi connectivity index (χ4v) is 2.29. The first-order valence-electron chi connectivity index (χ1n) is 8.20. The van der Waals surface area contributed by atoms with Crippen LogP contribution < -0.4 is 5.11 Å². The molecular weight excluding hydrogens is 250 g/mol. The minimum absolute atomic E-state index is 0.722. The van der Waals surface area contributed by atoms with Crippen molar-refractivity contribution in [2.24, 2.45) is 0 Å². The molecule has 0 atom stereocenters. The van der Waals surface area contributed by atoms with Crippen molar-refractivity contribution in [3.05, 3.63) is 12.7 Å². The van der Waals surface area contributed by atoms with E-state index in [0.717, 1.165) is 6.08 Å². The molecule has 0 aromatic carbocycles. The first-order chi connectivity index (χ1) is 9.51. The molecule has 3 nitrogen and oxygen atoms in total. The lowest BCUT2D eigenvalue weighted by atomic mass is 10.1. The molecule has 0 N–H and O–H groups in total. The highest BCUT2D eigenvalue weighted by Crippen LogP contribution is 2.14. The summed E-state index contributed by atoms with van der Waals surface area (Å²) in [4.78, 5) is 9.14. The zero-order valence-electron chi connectivity index (χ0n) is 14.1. The number of hydrogen-bond donors (Lipinski definition) is 0. The molecule has 0 heterocycles. The highest BCUT2D eigenvalue weighted by Gasteiger charge is 2.22. The molecule has 0 bridgehead atoms. The van der Waals surface area contributed by atoms with Crippen molar-refractivity contribution >= 4 is 5.97 Å². The first-order valence-corrected chi connectivity index (χ1v) is 8.20. The van der Waals surface area contributed by atoms with Crippen LogP contribution >= 0.6 is 0 Å². The Hall–Kier alpha value is -0.830. The average Bonchev–Trinajstić information content (AvgIpc) is 2.47. The van der Waals surface area contributed by atoms with Crippen molar-refractivity contribution < 1.29 is 14.4 Å². The highest BCUT2D eigenvalue weighted by atomic mass is 16.4. The van der Waals surface area contributed by atoms with Crippen LogP contribution in [0.1, 0.15) is 66.2 Å². The van der Waals surface area contributed by atoms with Gasteiger partial charge in [0.1, 0.15) is 0 Å². The van der Waals surface area contributed by atoms with Gasteiger partial charge in [-0.2, -0.15) is 0 Å². The van der Waals surface area contributed by atoms with Crippen molar-refractivity contribution in [1.82, 2.24) is 0 Å². The van der Waals surface area contributed by atoms with Crippen molar-refractivity contribution in [2.75, 3.05) is 26.2 Å². The van der Waals surface area contributed by atoms with Gasteiger partial charge < -0.3 is 14.4 Å². The third kappa shape index (κ3) is 12.2. The summed E-state index contributed by atoms with van der Waals surface area (Å²) in [5.74, 6) is -1.23. The molecule has 0 unspecified atom stereocenters. The Bertz CT molecular complexity index is 217. The molecule has 0 aliphatic rings. The Morgan fingerprint density at radius 1 is 0.950 bits per heavy atom. The maximum Gasteiger partial charge on any atom is 0.0786 e. The fraction of sp³-hybridized carbons (Fsp3) is 0.824. The maximum absolute atomic E-state index is 9.14. The molecule has 0 radical (unpaired) electrons. The second-order valence-corrected chi connectivity index (χ2v) is 5.41. The van der Waals surface area contributed by atoms with Gasteiger partial charge in [-0.15, -0.1) is 0 Å². The van der Waals surface area contributed by atoms with Crippen LogP contribution in [-0.2, 0) is 4.79 Å². The molecule has 0 rings (SSSR count). The summed E-state index contributed by atoms with van der Waals surface area (Å²) < 4.78 is 1.38. The minimum Gasteiger partial charge on any atom is -0.545 e. The van der Waals surface area contributed by atoms with Gasteiger partial charge in [0.25, 0.3) is 0 Å². The monoisotopic (exact) mass is 285 g/mol. The molecule has 3 heteroatoms. The van der Waals surface area contributed by atoms with Crippen LogP contribution in [0.2, 0.25) is 0 Å². The van der Waals surface area contributed by atoms with Gasteiger partial charge in [0, 0.05) is 0 Å². The van der Waals surface area contributed by atoms with Crippen molar-refractivity contribution in [2.45, 2.75) is 66.2 Å². The van der Waals surface area contributed by atoms with Crippen LogP contribution in [-0.4, -0.2) is 36.6 Å². The Morgan fingerprint density at radius 2 is 1.25 bits per heavy atom. The minimum atomic E-state index is -1.23. The molecule has 0 fully saturated rings. The molecule has 0 spiro atoms. The van der Waals surface area contributed by atoms with E-state index in [4.69, 9.17) is 9.90 Å². The largest absolute Gasteiger partial charge is 0.545 e. The van der Waals surface area contributed by atoms with E-state index in [1.807, 2.05) is 0 Å². The molecule has 0 aliphatic heterocycles. The second-order valence-electron chi connectivity index (χ2n) is 5.41. The van der Waals surface area contributed by atoms with Crippen LogP contribution in [0.4, 0.5) is 0 Å². The molecule has 0 saturated heterocycles. The number of rotatable bonds is 11. The van der Waals surface area contributed by atoms with Gasteiger partial charge in [-0.05, 0) is 32.3 Å². The number of carboxylic acid groups (broad SMARTS) is 1. The normalized spacial score (nSPS) is 10.6. The van der Waals surface area contributed by atoms with Crippen LogP contribution in [0, 0.1) is 0 Å². The third-order valence-corrected chi connectivity index (χ3v) is 3.80. The summed E-state index contributed by atoms with van der Waals surface area (Å²) in [5.41, 5.74) is 0. The molecule has 0 aliphatic carbocycles. The Labute approximate surface area is 126 Å². The molecule has 20 heavy (non-hydrogen) atoms. The van der Waals surface area contributed by atoms with Gasteiger partial charge in [-0.3, -0.25) is 0 Å². The van der Waals surface area contributed by atoms with Gasteiger partial charge in [0.15, 0.2) is 0 Å². The SMILES string of the molecule is C=CC(=O)[O-].CCCC[N+](CC)(CCCC)CCCC. The molecule has 0 amide bonds. The van der Waals surface area contributed by atoms with E-state index in [2.05, 4.69) is 34.3 Å². The zero-order chi connectivity index (χ0) is 15.9. The van der Waals surface area contributed by atoms with E-state index in [-0.39, 0.29) is 0 Å². The topological polar surface area (TPSA) is 40.1 Å². The number of nitrogens with zero attached hydrogens (tertiary/aromatic N) is 1. The summed E-state index contributed by atoms with van der Waals surface area (Å²) in [5, 5.41) is 9.14. The summed E-state index contributed by atoms with van der Waals surface area (Å²) in [6.45, 7) is 17.8. The lowest BCUT2D eigenvalue weighted by Gasteiger charge is -2.38. The van der Waals surface area contributed by atoms with E-state index in [1.54, 1.807) is 0 Å². The van der Waals surface area contributed by atoms with E-state index in [0.29, 0.717) is 0 Å². The summed E-state index contributed by atoms with van der Waals surface area (Å²) in [6, 6.07) is 0. The highest BCUT2D eigenvalue weighted by molar-refractivity contribution is 5.76. The number of quaternary nitrogens is 1. The van der Waals surface area contributed by atoms with E-state index in [1.165, 1.54) is 69.2 Å². The summed E-state index contributed by atoms with van der Waals surface area (Å²) in [7, 11) is 0. The van der Waals surface area contributed by atoms with Crippen LogP contribution in [0.5, 0.6) is 0 Å². The number of carbonyl (C=O) groups excluding carboxylic acids is 1. The summed E-state index contributed by atoms with van der Waals surface area (Å²) >= 11 is 0. The van der Waals surface area contributed by atoms with E-state index < -0.39 is 5.97 Å². The van der Waals surface area contributed by atoms with E-state index in [9.17, 15) is 0 Å². The van der Waals surface area contributed by atoms with Crippen molar-refractivity contribution in [1.29, 1.82) is 0 Å². The molecule has 0 aromatic rings. The quantitative estimate of drug-likeness (QED) is 0.432. The number of carboxylic acids is 1.